The fraction of sp³-hybridized carbons (Fsp3) is 0.333. The van der Waals surface area contributed by atoms with E-state index in [-0.39, 0.29) is 21.8 Å². The Balaban J connectivity index is 0.00000195. The first-order chi connectivity index (χ1) is 17.9. The zero-order valence-electron chi connectivity index (χ0n) is 23.9. The van der Waals surface area contributed by atoms with Crippen LogP contribution in [0, 0.1) is 0 Å². The van der Waals surface area contributed by atoms with Crippen molar-refractivity contribution in [3.05, 3.63) is 105 Å². The molecule has 0 aliphatic heterocycles. The highest BCUT2D eigenvalue weighted by Crippen LogP contribution is 2.40. The van der Waals surface area contributed by atoms with Crippen LogP contribution >= 0.6 is 0 Å². The molecule has 0 saturated heterocycles. The molecule has 0 aliphatic carbocycles. The monoisotopic (exact) mass is 512 g/mol. The summed E-state index contributed by atoms with van der Waals surface area (Å²) in [6, 6.07) is 21.2. The summed E-state index contributed by atoms with van der Waals surface area (Å²) in [6.07, 6.45) is 1.48. The van der Waals surface area contributed by atoms with Gasteiger partial charge < -0.3 is 15.0 Å². The number of aromatic amines is 1. The number of aromatic nitrogens is 1. The number of rotatable bonds is 5. The number of pyridine rings is 1. The number of fused-ring (bicyclic) bond motifs is 1. The number of amides is 1. The SMILES string of the molecule is CC.CC(C)(C)c1cc(C(C)(C)C)c(OCc2ccccc2)cc1NC(=O)c1c[nH]c2ccccc2c1=O. The maximum Gasteiger partial charge on any atom is 0.261 e. The zero-order chi connectivity index (χ0) is 28.1. The quantitative estimate of drug-likeness (QED) is 0.285. The zero-order valence-corrected chi connectivity index (χ0v) is 23.9. The van der Waals surface area contributed by atoms with Crippen LogP contribution in [0.4, 0.5) is 5.69 Å². The van der Waals surface area contributed by atoms with Gasteiger partial charge in [-0.1, -0.05) is 97.9 Å². The van der Waals surface area contributed by atoms with Crippen molar-refractivity contribution in [1.82, 2.24) is 4.98 Å². The first-order valence-electron chi connectivity index (χ1n) is 13.2. The Morgan fingerprint density at radius 1 is 0.842 bits per heavy atom. The van der Waals surface area contributed by atoms with Crippen molar-refractivity contribution in [2.45, 2.75) is 72.8 Å². The van der Waals surface area contributed by atoms with E-state index in [9.17, 15) is 9.59 Å². The minimum Gasteiger partial charge on any atom is -0.489 e. The van der Waals surface area contributed by atoms with E-state index in [1.165, 1.54) is 6.20 Å². The number of nitrogens with one attached hydrogen (secondary N) is 2. The summed E-state index contributed by atoms with van der Waals surface area (Å²) in [7, 11) is 0. The number of H-pyrrole nitrogens is 1. The molecule has 0 bridgehead atoms. The molecule has 0 unspecified atom stereocenters. The number of ether oxygens (including phenoxy) is 1. The molecule has 1 aromatic heterocycles. The van der Waals surface area contributed by atoms with Crippen molar-refractivity contribution >= 4 is 22.5 Å². The Hall–Kier alpha value is -3.86. The summed E-state index contributed by atoms with van der Waals surface area (Å²) in [5, 5.41) is 3.50. The molecule has 5 heteroatoms. The standard InChI is InChI=1S/C31H34N2O3.C2H6/c1-30(2,3)23-16-24(31(4,5)6)27(36-19-20-12-8-7-9-13-20)17-26(23)33-29(35)22-18-32-25-15-11-10-14-21(25)28(22)34;1-2/h7-18H,19H2,1-6H3,(H,32,34)(H,33,35);1-2H3. The van der Waals surface area contributed by atoms with Gasteiger partial charge in [-0.25, -0.2) is 0 Å². The van der Waals surface area contributed by atoms with Crippen LogP contribution in [0.2, 0.25) is 0 Å². The van der Waals surface area contributed by atoms with Crippen molar-refractivity contribution < 1.29 is 9.53 Å². The summed E-state index contributed by atoms with van der Waals surface area (Å²) >= 11 is 0. The molecule has 3 aromatic carbocycles. The average molecular weight is 513 g/mol. The predicted molar refractivity (Wildman–Crippen MR) is 158 cm³/mol. The van der Waals surface area contributed by atoms with Gasteiger partial charge in [0, 0.05) is 28.9 Å². The lowest BCUT2D eigenvalue weighted by Gasteiger charge is -2.30. The van der Waals surface area contributed by atoms with Gasteiger partial charge in [0.05, 0.1) is 0 Å². The summed E-state index contributed by atoms with van der Waals surface area (Å²) in [5.41, 5.74) is 3.77. The second-order valence-corrected chi connectivity index (χ2v) is 11.2. The third-order valence-corrected chi connectivity index (χ3v) is 6.25. The summed E-state index contributed by atoms with van der Waals surface area (Å²) < 4.78 is 6.31. The summed E-state index contributed by atoms with van der Waals surface area (Å²) in [6.45, 7) is 17.2. The molecular formula is C33H40N2O3. The molecule has 0 spiro atoms. The molecule has 200 valence electrons. The van der Waals surface area contributed by atoms with Gasteiger partial charge in [-0.2, -0.15) is 0 Å². The largest absolute Gasteiger partial charge is 0.489 e. The molecule has 2 N–H and O–H groups in total. The van der Waals surface area contributed by atoms with Gasteiger partial charge in [0.1, 0.15) is 17.9 Å². The third-order valence-electron chi connectivity index (χ3n) is 6.25. The average Bonchev–Trinajstić information content (AvgIpc) is 2.88. The highest BCUT2D eigenvalue weighted by Gasteiger charge is 2.27. The molecule has 4 aromatic rings. The van der Waals surface area contributed by atoms with E-state index in [1.807, 2.05) is 62.4 Å². The Morgan fingerprint density at radius 2 is 1.45 bits per heavy atom. The molecule has 0 radical (unpaired) electrons. The second kappa shape index (κ2) is 11.7. The van der Waals surface area contributed by atoms with Gasteiger partial charge in [-0.15, -0.1) is 0 Å². The predicted octanol–water partition coefficient (Wildman–Crippen LogP) is 7.98. The number of para-hydroxylation sites is 1. The van der Waals surface area contributed by atoms with Gasteiger partial charge >= 0.3 is 0 Å². The number of hydrogen-bond acceptors (Lipinski definition) is 3. The molecule has 1 amide bonds. The number of benzene rings is 3. The van der Waals surface area contributed by atoms with Crippen LogP contribution in [0.3, 0.4) is 0 Å². The molecule has 0 fully saturated rings. The van der Waals surface area contributed by atoms with Crippen LogP contribution in [0.15, 0.2) is 77.7 Å². The molecule has 5 nitrogen and oxygen atoms in total. The van der Waals surface area contributed by atoms with Crippen LogP contribution in [-0.2, 0) is 17.4 Å². The minimum atomic E-state index is -0.454. The van der Waals surface area contributed by atoms with Crippen molar-refractivity contribution in [2.75, 3.05) is 5.32 Å². The van der Waals surface area contributed by atoms with E-state index < -0.39 is 5.91 Å². The second-order valence-electron chi connectivity index (χ2n) is 11.2. The smallest absolute Gasteiger partial charge is 0.261 e. The number of anilines is 1. The molecule has 0 saturated carbocycles. The molecule has 0 atom stereocenters. The molecule has 38 heavy (non-hydrogen) atoms. The summed E-state index contributed by atoms with van der Waals surface area (Å²) in [4.78, 5) is 29.5. The Kier molecular flexibility index (Phi) is 8.82. The van der Waals surface area contributed by atoms with Crippen LogP contribution in [0.25, 0.3) is 10.9 Å². The van der Waals surface area contributed by atoms with E-state index in [4.69, 9.17) is 4.74 Å². The summed E-state index contributed by atoms with van der Waals surface area (Å²) in [5.74, 6) is 0.257. The highest BCUT2D eigenvalue weighted by molar-refractivity contribution is 6.06. The lowest BCUT2D eigenvalue weighted by Crippen LogP contribution is -2.25. The van der Waals surface area contributed by atoms with Gasteiger partial charge in [-0.3, -0.25) is 9.59 Å². The Morgan fingerprint density at radius 3 is 2.08 bits per heavy atom. The maximum absolute atomic E-state index is 13.4. The fourth-order valence-corrected chi connectivity index (χ4v) is 4.27. The van der Waals surface area contributed by atoms with Crippen molar-refractivity contribution in [1.29, 1.82) is 0 Å². The Bertz CT molecular complexity index is 1460. The van der Waals surface area contributed by atoms with Crippen LogP contribution in [-0.4, -0.2) is 10.9 Å². The van der Waals surface area contributed by atoms with Crippen LogP contribution in [0.1, 0.15) is 82.4 Å². The lowest BCUT2D eigenvalue weighted by atomic mass is 9.79. The van der Waals surface area contributed by atoms with Gasteiger partial charge in [0.25, 0.3) is 5.91 Å². The first kappa shape index (κ1) is 28.7. The van der Waals surface area contributed by atoms with E-state index in [0.29, 0.717) is 28.9 Å². The normalized spacial score (nSPS) is 11.5. The number of carbonyl (C=O) groups excluding carboxylic acids is 1. The molecule has 0 aliphatic rings. The van der Waals surface area contributed by atoms with Crippen LogP contribution < -0.4 is 15.5 Å². The van der Waals surface area contributed by atoms with Crippen molar-refractivity contribution in [3.8, 4) is 5.75 Å². The van der Waals surface area contributed by atoms with Crippen molar-refractivity contribution in [2.24, 2.45) is 0 Å². The first-order valence-corrected chi connectivity index (χ1v) is 13.2. The van der Waals surface area contributed by atoms with E-state index >= 15 is 0 Å². The third kappa shape index (κ3) is 6.52. The van der Waals surface area contributed by atoms with Crippen molar-refractivity contribution in [3.63, 3.8) is 0 Å². The molecule has 4 rings (SSSR count). The minimum absolute atomic E-state index is 0.0696. The van der Waals surface area contributed by atoms with Gasteiger partial charge in [0.2, 0.25) is 5.43 Å². The molecular weight excluding hydrogens is 472 g/mol. The van der Waals surface area contributed by atoms with Gasteiger partial charge in [0.15, 0.2) is 0 Å². The maximum atomic E-state index is 13.4. The lowest BCUT2D eigenvalue weighted by molar-refractivity contribution is 0.102. The van der Waals surface area contributed by atoms with E-state index in [1.54, 1.807) is 12.1 Å². The number of carbonyl (C=O) groups is 1. The Labute approximate surface area is 226 Å². The van der Waals surface area contributed by atoms with Gasteiger partial charge in [-0.05, 0) is 45.7 Å². The number of hydrogen-bond donors (Lipinski definition) is 2. The van der Waals surface area contributed by atoms with E-state index in [2.05, 4.69) is 57.9 Å². The molecule has 1 heterocycles. The van der Waals surface area contributed by atoms with Crippen LogP contribution in [0.5, 0.6) is 5.75 Å². The topological polar surface area (TPSA) is 71.2 Å². The van der Waals surface area contributed by atoms with E-state index in [0.717, 1.165) is 16.7 Å². The highest BCUT2D eigenvalue weighted by atomic mass is 16.5. The fourth-order valence-electron chi connectivity index (χ4n) is 4.27.